The Hall–Kier alpha value is -2.91. The van der Waals surface area contributed by atoms with Crippen LogP contribution in [0.2, 0.25) is 0 Å². The van der Waals surface area contributed by atoms with Crippen LogP contribution >= 0.6 is 0 Å². The van der Waals surface area contributed by atoms with Crippen molar-refractivity contribution in [2.45, 2.75) is 38.3 Å². The Balaban J connectivity index is 2.85. The lowest BCUT2D eigenvalue weighted by Gasteiger charge is -2.32. The van der Waals surface area contributed by atoms with E-state index in [2.05, 4.69) is 0 Å². The second-order valence-corrected chi connectivity index (χ2v) is 6.88. The zero-order chi connectivity index (χ0) is 37.4. The summed E-state index contributed by atoms with van der Waals surface area (Å²) >= 11 is 0. The highest BCUT2D eigenvalue weighted by atomic mass is 16.5. The molecule has 2 rings (SSSR count). The van der Waals surface area contributed by atoms with Crippen LogP contribution in [0.15, 0.2) is 36.3 Å². The Morgan fingerprint density at radius 1 is 1.06 bits per heavy atom. The van der Waals surface area contributed by atoms with E-state index in [1.165, 1.54) is 34.5 Å². The molecule has 0 amide bonds. The molecule has 0 aliphatic carbocycles. The number of ether oxygens (including phenoxy) is 4. The smallest absolute Gasteiger partial charge is 0.161 e. The van der Waals surface area contributed by atoms with Crippen LogP contribution in [0.25, 0.3) is 0 Å². The third-order valence-electron chi connectivity index (χ3n) is 4.86. The van der Waals surface area contributed by atoms with Crippen molar-refractivity contribution in [3.63, 3.8) is 0 Å². The minimum Gasteiger partial charge on any atom is -0.493 e. The number of hydrogen-bond acceptors (Lipinski definition) is 6. The Labute approximate surface area is 220 Å². The van der Waals surface area contributed by atoms with Crippen molar-refractivity contribution < 1.29 is 39.5 Å². The SMILES string of the molecule is [2H]c1c([2H])c(OC)c(OC)c([2H])c1CCN(C)C([2H])([2H])C([2H])([2H])C([2H])([2H])C(C#N)(c1ccc(OC)c(OC)c1)C(C([2H])([2H])[2H])C([2H])([2H])[2H]. The summed E-state index contributed by atoms with van der Waals surface area (Å²) in [7, 11) is 5.92. The molecule has 0 heterocycles. The highest BCUT2D eigenvalue weighted by Gasteiger charge is 2.36. The van der Waals surface area contributed by atoms with Gasteiger partial charge < -0.3 is 23.8 Å². The van der Waals surface area contributed by atoms with Crippen LogP contribution < -0.4 is 18.9 Å². The number of methoxy groups -OCH3 is 4. The molecule has 0 spiro atoms. The molecule has 0 aliphatic rings. The fourth-order valence-corrected chi connectivity index (χ4v) is 2.93. The molecule has 0 aliphatic heterocycles. The molecule has 0 saturated carbocycles. The van der Waals surface area contributed by atoms with Crippen LogP contribution in [-0.2, 0) is 11.8 Å². The first-order chi connectivity index (χ1) is 21.8. The fraction of sp³-hybridized carbons (Fsp3) is 0.519. The van der Waals surface area contributed by atoms with Crippen molar-refractivity contribution in [3.8, 4) is 29.1 Å². The molecule has 0 fully saturated rings. The Kier molecular flexibility index (Phi) is 4.49. The van der Waals surface area contributed by atoms with Crippen molar-refractivity contribution in [1.29, 1.82) is 5.26 Å². The Morgan fingerprint density at radius 2 is 1.76 bits per heavy atom. The van der Waals surface area contributed by atoms with E-state index in [0.717, 1.165) is 25.2 Å². The van der Waals surface area contributed by atoms with Gasteiger partial charge in [-0.05, 0) is 74.0 Å². The van der Waals surface area contributed by atoms with Gasteiger partial charge in [-0.15, -0.1) is 0 Å². The van der Waals surface area contributed by atoms with Gasteiger partial charge in [-0.3, -0.25) is 0 Å². The van der Waals surface area contributed by atoms with Gasteiger partial charge in [0, 0.05) is 23.0 Å². The Bertz CT molecular complexity index is 1510. The summed E-state index contributed by atoms with van der Waals surface area (Å²) < 4.78 is 148. The monoisotopic (exact) mass is 469 g/mol. The van der Waals surface area contributed by atoms with Gasteiger partial charge in [-0.2, -0.15) is 5.26 Å². The lowest BCUT2D eigenvalue weighted by molar-refractivity contribution is 0.292. The maximum absolute atomic E-state index is 10.7. The topological polar surface area (TPSA) is 64.0 Å². The fourth-order valence-electron chi connectivity index (χ4n) is 2.93. The summed E-state index contributed by atoms with van der Waals surface area (Å²) in [6.07, 6.45) is -8.11. The van der Waals surface area contributed by atoms with Crippen LogP contribution in [0.1, 0.15) is 58.1 Å². The first-order valence-corrected chi connectivity index (χ1v) is 9.87. The predicted octanol–water partition coefficient (Wildman–Crippen LogP) is 5.09. The molecule has 1 atom stereocenters. The van der Waals surface area contributed by atoms with E-state index in [1.54, 1.807) is 0 Å². The number of benzene rings is 2. The minimum absolute atomic E-state index is 0.0413. The highest BCUT2D eigenvalue weighted by molar-refractivity contribution is 5.47. The largest absolute Gasteiger partial charge is 0.493 e. The first kappa shape index (κ1) is 12.0. The van der Waals surface area contributed by atoms with Crippen LogP contribution in [-0.4, -0.2) is 53.4 Å². The quantitative estimate of drug-likeness (QED) is 0.407. The molecule has 0 N–H and O–H groups in total. The number of likely N-dealkylation sites (N-methyl/N-ethyl adjacent to an activating group) is 1. The standard InChI is InChI=1S/C27H38N2O4/c1-20(2)27(19-28,22-10-12-24(31-5)26(18-22)33-7)14-8-15-29(3)16-13-21-9-11-23(30-4)25(17-21)32-6/h9-12,17-18,20H,8,13-16H2,1-7H3/i1D3,2D3,8D2,9D,11D,14D2,15D2,17D. The third kappa shape index (κ3) is 6.33. The molecule has 2 aromatic carbocycles. The van der Waals surface area contributed by atoms with Crippen molar-refractivity contribution in [2.75, 3.05) is 48.5 Å². The van der Waals surface area contributed by atoms with Gasteiger partial charge in [0.15, 0.2) is 23.0 Å². The average Bonchev–Trinajstić information content (AvgIpc) is 2.98. The Morgan fingerprint density at radius 3 is 2.36 bits per heavy atom. The molecule has 0 saturated heterocycles. The second-order valence-electron chi connectivity index (χ2n) is 6.88. The van der Waals surface area contributed by atoms with Crippen LogP contribution in [0.5, 0.6) is 23.0 Å². The molecule has 0 bridgehead atoms. The summed E-state index contributed by atoms with van der Waals surface area (Å²) in [5.41, 5.74) is -4.11. The van der Waals surface area contributed by atoms with Crippen molar-refractivity contribution in [1.82, 2.24) is 4.90 Å². The summed E-state index contributed by atoms with van der Waals surface area (Å²) in [5, 5.41) is 10.7. The van der Waals surface area contributed by atoms with E-state index < -0.39 is 68.5 Å². The number of nitriles is 1. The summed E-state index contributed by atoms with van der Waals surface area (Å²) in [6, 6.07) is 3.38. The zero-order valence-electron chi connectivity index (χ0n) is 34.3. The molecule has 0 radical (unpaired) electrons. The van der Waals surface area contributed by atoms with Gasteiger partial charge >= 0.3 is 0 Å². The number of rotatable bonds is 13. The van der Waals surface area contributed by atoms with Gasteiger partial charge in [0.05, 0.1) is 44.0 Å². The van der Waals surface area contributed by atoms with E-state index in [4.69, 9.17) is 39.5 Å². The molecular weight excluding hydrogens is 416 g/mol. The third-order valence-corrected chi connectivity index (χ3v) is 4.86. The molecule has 33 heavy (non-hydrogen) atoms. The maximum atomic E-state index is 10.7. The van der Waals surface area contributed by atoms with Gasteiger partial charge in [0.25, 0.3) is 0 Å². The van der Waals surface area contributed by atoms with Gasteiger partial charge in [0.2, 0.25) is 0 Å². The number of nitrogens with zero attached hydrogens (tertiary/aromatic N) is 2. The maximum Gasteiger partial charge on any atom is 0.161 e. The average molecular weight is 470 g/mol. The van der Waals surface area contributed by atoms with E-state index in [9.17, 15) is 5.26 Å². The molecule has 2 aromatic rings. The van der Waals surface area contributed by atoms with Crippen LogP contribution in [0.4, 0.5) is 0 Å². The van der Waals surface area contributed by atoms with Crippen molar-refractivity contribution in [3.05, 3.63) is 47.5 Å². The van der Waals surface area contributed by atoms with Crippen LogP contribution in [0.3, 0.4) is 0 Å². The van der Waals surface area contributed by atoms with Crippen LogP contribution in [0, 0.1) is 17.2 Å². The summed E-state index contributed by atoms with van der Waals surface area (Å²) in [5.74, 6) is -3.35. The zero-order valence-corrected chi connectivity index (χ0v) is 19.3. The normalized spacial score (nSPS) is 21.6. The van der Waals surface area contributed by atoms with Gasteiger partial charge in [-0.1, -0.05) is 25.8 Å². The summed E-state index contributed by atoms with van der Waals surface area (Å²) in [4.78, 5) is 0.695. The minimum atomic E-state index is -3.92. The van der Waals surface area contributed by atoms with Crippen molar-refractivity contribution in [2.24, 2.45) is 5.92 Å². The molecule has 0 aromatic heterocycles. The number of hydrogen-bond donors (Lipinski definition) is 0. The van der Waals surface area contributed by atoms with E-state index in [1.807, 2.05) is 0 Å². The van der Waals surface area contributed by atoms with Gasteiger partial charge in [-0.25, -0.2) is 0 Å². The van der Waals surface area contributed by atoms with Gasteiger partial charge in [0.1, 0.15) is 0 Å². The molecule has 1 unspecified atom stereocenters. The second kappa shape index (κ2) is 12.4. The first-order valence-electron chi connectivity index (χ1n) is 17.4. The van der Waals surface area contributed by atoms with Crippen molar-refractivity contribution >= 4 is 0 Å². The highest BCUT2D eigenvalue weighted by Crippen LogP contribution is 2.40. The molecule has 6 heteroatoms. The molecular formula is C27H38N2O4. The predicted molar refractivity (Wildman–Crippen MR) is 132 cm³/mol. The molecule has 6 nitrogen and oxygen atoms in total. The lowest BCUT2D eigenvalue weighted by atomic mass is 9.69. The van der Waals surface area contributed by atoms with E-state index >= 15 is 0 Å². The lowest BCUT2D eigenvalue weighted by Crippen LogP contribution is -2.32. The van der Waals surface area contributed by atoms with E-state index in [-0.39, 0.29) is 41.0 Å². The van der Waals surface area contributed by atoms with E-state index in [0.29, 0.717) is 4.90 Å². The summed E-state index contributed by atoms with van der Waals surface area (Å²) in [6.45, 7) is -11.1. The molecule has 180 valence electrons.